The largest absolute Gasteiger partial charge is 0.319 e. The lowest BCUT2D eigenvalue weighted by atomic mass is 10.1. The van der Waals surface area contributed by atoms with Crippen LogP contribution in [0, 0.1) is 0 Å². The molecule has 0 aromatic heterocycles. The van der Waals surface area contributed by atoms with Gasteiger partial charge in [0.15, 0.2) is 0 Å². The Kier molecular flexibility index (Phi) is 6.60. The highest BCUT2D eigenvalue weighted by Gasteiger charge is 2.35. The van der Waals surface area contributed by atoms with Crippen molar-refractivity contribution in [2.75, 3.05) is 26.3 Å². The third kappa shape index (κ3) is 4.27. The van der Waals surface area contributed by atoms with Crippen molar-refractivity contribution in [2.24, 2.45) is 0 Å². The van der Waals surface area contributed by atoms with Gasteiger partial charge >= 0.3 is 8.25 Å². The van der Waals surface area contributed by atoms with Gasteiger partial charge in [-0.1, -0.05) is 24.3 Å². The highest BCUT2D eigenvalue weighted by molar-refractivity contribution is 7.33. The molecule has 0 saturated heterocycles. The summed E-state index contributed by atoms with van der Waals surface area (Å²) >= 11 is 0. The lowest BCUT2D eigenvalue weighted by Gasteiger charge is -2.14. The summed E-state index contributed by atoms with van der Waals surface area (Å²) in [6, 6.07) is 13.3. The van der Waals surface area contributed by atoms with E-state index in [-0.39, 0.29) is 49.9 Å². The predicted molar refractivity (Wildman–Crippen MR) is 114 cm³/mol. The molecule has 2 aliphatic heterocycles. The van der Waals surface area contributed by atoms with Crippen LogP contribution in [-0.2, 0) is 13.6 Å². The van der Waals surface area contributed by atoms with Crippen LogP contribution in [0.2, 0.25) is 0 Å². The van der Waals surface area contributed by atoms with E-state index in [9.17, 15) is 23.7 Å². The van der Waals surface area contributed by atoms with Gasteiger partial charge in [-0.15, -0.1) is 0 Å². The van der Waals surface area contributed by atoms with Crippen LogP contribution in [0.25, 0.3) is 0 Å². The van der Waals surface area contributed by atoms with Crippen molar-refractivity contribution in [1.82, 2.24) is 9.80 Å². The second-order valence-electron chi connectivity index (χ2n) is 7.27. The quantitative estimate of drug-likeness (QED) is 0.307. The third-order valence-corrected chi connectivity index (χ3v) is 6.13. The minimum atomic E-state index is -2.77. The first kappa shape index (κ1) is 22.1. The number of hydrogen-bond donors (Lipinski definition) is 0. The highest BCUT2D eigenvalue weighted by Crippen LogP contribution is 2.26. The van der Waals surface area contributed by atoms with E-state index < -0.39 is 8.25 Å². The van der Waals surface area contributed by atoms with Crippen molar-refractivity contribution in [3.63, 3.8) is 0 Å². The Bertz CT molecular complexity index is 961. The van der Waals surface area contributed by atoms with Crippen LogP contribution < -0.4 is 0 Å². The monoisotopic (exact) mass is 456 g/mol. The van der Waals surface area contributed by atoms with Gasteiger partial charge in [0.05, 0.1) is 35.5 Å². The van der Waals surface area contributed by atoms with Gasteiger partial charge in [-0.2, -0.15) is 0 Å². The topological polar surface area (TPSA) is 110 Å². The summed E-state index contributed by atoms with van der Waals surface area (Å²) in [6.07, 6.45) is 0.639. The maximum Gasteiger partial charge on any atom is 0.319 e. The number of carbonyl (C=O) groups is 4. The minimum Gasteiger partial charge on any atom is -0.311 e. The molecule has 0 bridgehead atoms. The number of nitrogens with zero attached hydrogens (tertiary/aromatic N) is 2. The first-order chi connectivity index (χ1) is 15.5. The van der Waals surface area contributed by atoms with Crippen LogP contribution in [0.4, 0.5) is 0 Å². The Morgan fingerprint density at radius 2 is 0.906 bits per heavy atom. The van der Waals surface area contributed by atoms with Crippen LogP contribution in [0.3, 0.4) is 0 Å². The number of hydrogen-bond acceptors (Lipinski definition) is 7. The van der Waals surface area contributed by atoms with E-state index in [0.29, 0.717) is 35.1 Å². The van der Waals surface area contributed by atoms with Crippen molar-refractivity contribution >= 4 is 31.9 Å². The lowest BCUT2D eigenvalue weighted by molar-refractivity contribution is 0.0634. The lowest BCUT2D eigenvalue weighted by Crippen LogP contribution is -2.31. The average molecular weight is 456 g/mol. The van der Waals surface area contributed by atoms with E-state index in [1.807, 2.05) is 0 Å². The number of carbonyl (C=O) groups excluding carboxylic acids is 4. The summed E-state index contributed by atoms with van der Waals surface area (Å²) in [5.41, 5.74) is 1.53. The molecule has 4 amide bonds. The van der Waals surface area contributed by atoms with E-state index in [1.165, 1.54) is 0 Å². The van der Waals surface area contributed by atoms with Crippen LogP contribution in [0.5, 0.6) is 0 Å². The fourth-order valence-corrected chi connectivity index (χ4v) is 4.39. The molecule has 0 fully saturated rings. The van der Waals surface area contributed by atoms with Gasteiger partial charge in [0.1, 0.15) is 0 Å². The SMILES string of the molecule is O=C1c2ccccc2C(=O)N1CCCO[PH](=O)OCCCN1C(=O)c2ccccc2C1=O. The van der Waals surface area contributed by atoms with Crippen LogP contribution in [0.1, 0.15) is 54.3 Å². The summed E-state index contributed by atoms with van der Waals surface area (Å²) in [5.74, 6) is -1.38. The van der Waals surface area contributed by atoms with Gasteiger partial charge in [-0.05, 0) is 37.1 Å². The molecule has 2 heterocycles. The minimum absolute atomic E-state index is 0.0591. The maximum atomic E-state index is 12.3. The van der Waals surface area contributed by atoms with Crippen LogP contribution in [-0.4, -0.2) is 59.7 Å². The average Bonchev–Trinajstić information content (AvgIpc) is 3.20. The molecule has 0 unspecified atom stereocenters. The zero-order chi connectivity index (χ0) is 22.7. The Labute approximate surface area is 184 Å². The van der Waals surface area contributed by atoms with E-state index in [2.05, 4.69) is 0 Å². The summed E-state index contributed by atoms with van der Waals surface area (Å²) in [7, 11) is -2.77. The van der Waals surface area contributed by atoms with E-state index in [4.69, 9.17) is 9.05 Å². The number of rotatable bonds is 10. The van der Waals surface area contributed by atoms with Gasteiger partial charge in [-0.3, -0.25) is 33.5 Å². The predicted octanol–water partition coefficient (Wildman–Crippen LogP) is 2.78. The number of benzene rings is 2. The van der Waals surface area contributed by atoms with Crippen LogP contribution >= 0.6 is 8.25 Å². The Morgan fingerprint density at radius 1 is 0.594 bits per heavy atom. The van der Waals surface area contributed by atoms with Crippen molar-refractivity contribution in [2.45, 2.75) is 12.8 Å². The highest BCUT2D eigenvalue weighted by atomic mass is 31.1. The summed E-state index contributed by atoms with van der Waals surface area (Å²) in [6.45, 7) is 0.426. The van der Waals surface area contributed by atoms with Crippen molar-refractivity contribution in [3.05, 3.63) is 70.8 Å². The van der Waals surface area contributed by atoms with E-state index >= 15 is 0 Å². The first-order valence-electron chi connectivity index (χ1n) is 10.2. The molecule has 0 N–H and O–H groups in total. The van der Waals surface area contributed by atoms with Crippen molar-refractivity contribution < 1.29 is 32.8 Å². The fourth-order valence-electron chi connectivity index (χ4n) is 3.68. The van der Waals surface area contributed by atoms with E-state index in [1.54, 1.807) is 48.5 Å². The van der Waals surface area contributed by atoms with Gasteiger partial charge in [0.2, 0.25) is 0 Å². The second kappa shape index (κ2) is 9.56. The van der Waals surface area contributed by atoms with Crippen molar-refractivity contribution in [1.29, 1.82) is 0 Å². The Balaban J connectivity index is 1.13. The van der Waals surface area contributed by atoms with Gasteiger partial charge in [-0.25, -0.2) is 0 Å². The molecule has 0 radical (unpaired) electrons. The Hall–Kier alpha value is -3.13. The fraction of sp³-hybridized carbons (Fsp3) is 0.273. The molecule has 2 aromatic carbocycles. The molecule has 2 aromatic rings. The second-order valence-corrected chi connectivity index (χ2v) is 8.35. The molecule has 9 nitrogen and oxygen atoms in total. The normalized spacial score (nSPS) is 15.2. The molecule has 0 spiro atoms. The molecule has 0 atom stereocenters. The van der Waals surface area contributed by atoms with E-state index in [0.717, 1.165) is 9.80 Å². The molecule has 0 aliphatic carbocycles. The Morgan fingerprint density at radius 3 is 1.22 bits per heavy atom. The maximum absolute atomic E-state index is 12.3. The number of fused-ring (bicyclic) bond motifs is 2. The van der Waals surface area contributed by atoms with Gasteiger partial charge in [0.25, 0.3) is 23.6 Å². The van der Waals surface area contributed by atoms with Gasteiger partial charge < -0.3 is 9.05 Å². The molecule has 166 valence electrons. The molecule has 4 rings (SSSR count). The molecule has 10 heteroatoms. The molecule has 2 aliphatic rings. The smallest absolute Gasteiger partial charge is 0.311 e. The van der Waals surface area contributed by atoms with Gasteiger partial charge in [0, 0.05) is 13.1 Å². The zero-order valence-electron chi connectivity index (χ0n) is 17.1. The number of amides is 4. The first-order valence-corrected chi connectivity index (χ1v) is 11.4. The molecular formula is C22H21N2O7P. The molecule has 32 heavy (non-hydrogen) atoms. The third-order valence-electron chi connectivity index (χ3n) is 5.25. The summed E-state index contributed by atoms with van der Waals surface area (Å²) in [5, 5.41) is 0. The molecular weight excluding hydrogens is 435 g/mol. The van der Waals surface area contributed by atoms with Crippen LogP contribution in [0.15, 0.2) is 48.5 Å². The molecule has 0 saturated carbocycles. The zero-order valence-corrected chi connectivity index (χ0v) is 18.1. The number of imide groups is 2. The standard InChI is InChI=1S/C22H21N2O7P/c25-19-15-7-1-2-8-16(15)20(26)23(19)11-5-13-30-32(29)31-14-6-12-24-21(27)17-9-3-4-10-18(17)22(24)28/h1-4,7-10,32H,5-6,11-14H2. The summed E-state index contributed by atoms with van der Waals surface area (Å²) in [4.78, 5) is 51.4. The van der Waals surface area contributed by atoms with Crippen molar-refractivity contribution in [3.8, 4) is 0 Å². The summed E-state index contributed by atoms with van der Waals surface area (Å²) < 4.78 is 22.2.